The molecule has 0 aliphatic heterocycles. The molecule has 1 aromatic heterocycles. The van der Waals surface area contributed by atoms with Crippen molar-refractivity contribution in [3.8, 4) is 0 Å². The summed E-state index contributed by atoms with van der Waals surface area (Å²) in [6.45, 7) is 3.29. The third-order valence-corrected chi connectivity index (χ3v) is 5.37. The molecule has 0 saturated heterocycles. The maximum Gasteiger partial charge on any atom is 0.124 e. The van der Waals surface area contributed by atoms with Crippen LogP contribution in [0.2, 0.25) is 5.02 Å². The zero-order chi connectivity index (χ0) is 14.2. The molecule has 0 N–H and O–H groups in total. The van der Waals surface area contributed by atoms with Crippen molar-refractivity contribution in [3.05, 3.63) is 29.0 Å². The lowest BCUT2D eigenvalue weighted by Crippen LogP contribution is -2.23. The van der Waals surface area contributed by atoms with E-state index < -0.39 is 0 Å². The van der Waals surface area contributed by atoms with E-state index in [1.807, 2.05) is 18.2 Å². The molecule has 20 heavy (non-hydrogen) atoms. The van der Waals surface area contributed by atoms with Gasteiger partial charge in [-0.2, -0.15) is 0 Å². The van der Waals surface area contributed by atoms with E-state index in [1.165, 1.54) is 32.1 Å². The number of halogens is 2. The van der Waals surface area contributed by atoms with E-state index in [9.17, 15) is 0 Å². The molecule has 1 saturated carbocycles. The maximum atomic E-state index is 6.40. The van der Waals surface area contributed by atoms with Crippen molar-refractivity contribution in [2.45, 2.75) is 51.5 Å². The van der Waals surface area contributed by atoms with Crippen LogP contribution in [0.5, 0.6) is 0 Å². The Morgan fingerprint density at radius 1 is 1.30 bits per heavy atom. The molecule has 1 aliphatic rings. The molecular weight excluding hydrogens is 291 g/mol. The van der Waals surface area contributed by atoms with Gasteiger partial charge in [-0.25, -0.2) is 4.98 Å². The number of fused-ring (bicyclic) bond motifs is 1. The Bertz CT molecular complexity index is 612. The Hall–Kier alpha value is -0.730. The molecule has 0 unspecified atom stereocenters. The number of benzene rings is 1. The number of hydrogen-bond acceptors (Lipinski definition) is 1. The molecule has 2 aromatic rings. The molecule has 0 bridgehead atoms. The van der Waals surface area contributed by atoms with Crippen molar-refractivity contribution >= 4 is 34.2 Å². The van der Waals surface area contributed by atoms with Crippen LogP contribution in [-0.4, -0.2) is 9.55 Å². The molecule has 0 radical (unpaired) electrons. The first-order chi connectivity index (χ1) is 9.69. The lowest BCUT2D eigenvalue weighted by molar-refractivity contribution is 0.238. The van der Waals surface area contributed by atoms with Crippen molar-refractivity contribution in [2.75, 3.05) is 0 Å². The van der Waals surface area contributed by atoms with E-state index in [2.05, 4.69) is 16.5 Å². The van der Waals surface area contributed by atoms with Gasteiger partial charge in [0.25, 0.3) is 0 Å². The second kappa shape index (κ2) is 5.57. The van der Waals surface area contributed by atoms with Gasteiger partial charge in [-0.3, -0.25) is 0 Å². The highest BCUT2D eigenvalue weighted by molar-refractivity contribution is 6.35. The van der Waals surface area contributed by atoms with Gasteiger partial charge in [-0.1, -0.05) is 37.4 Å². The van der Waals surface area contributed by atoms with Crippen LogP contribution in [0.1, 0.15) is 44.9 Å². The molecule has 1 aliphatic carbocycles. The zero-order valence-corrected chi connectivity index (χ0v) is 13.3. The molecule has 0 amide bonds. The first-order valence-electron chi connectivity index (χ1n) is 7.39. The van der Waals surface area contributed by atoms with E-state index in [1.54, 1.807) is 0 Å². The molecule has 1 fully saturated rings. The summed E-state index contributed by atoms with van der Waals surface area (Å²) in [5.74, 6) is 1.37. The topological polar surface area (TPSA) is 17.8 Å². The summed E-state index contributed by atoms with van der Waals surface area (Å²) in [6, 6.07) is 5.90. The van der Waals surface area contributed by atoms with Crippen molar-refractivity contribution in [3.63, 3.8) is 0 Å². The second-order valence-corrected chi connectivity index (χ2v) is 6.59. The lowest BCUT2D eigenvalue weighted by atomic mass is 9.83. The number of hydrogen-bond donors (Lipinski definition) is 0. The van der Waals surface area contributed by atoms with Crippen LogP contribution in [0.3, 0.4) is 0 Å². The number of imidazole rings is 1. The Morgan fingerprint density at radius 2 is 2.05 bits per heavy atom. The van der Waals surface area contributed by atoms with E-state index >= 15 is 0 Å². The summed E-state index contributed by atoms with van der Waals surface area (Å²) >= 11 is 12.5. The molecule has 1 aromatic carbocycles. The molecule has 3 rings (SSSR count). The minimum Gasteiger partial charge on any atom is -0.325 e. The van der Waals surface area contributed by atoms with Gasteiger partial charge < -0.3 is 4.57 Å². The standard InChI is InChI=1S/C16H20Cl2N2/c1-2-16(8-3-4-9-16)11-20-14(10-17)19-13-7-5-6-12(18)15(13)20/h5-7H,2-4,8-11H2,1H3. The Morgan fingerprint density at radius 3 is 2.70 bits per heavy atom. The maximum absolute atomic E-state index is 6.40. The highest BCUT2D eigenvalue weighted by Gasteiger charge is 2.33. The zero-order valence-electron chi connectivity index (χ0n) is 11.8. The van der Waals surface area contributed by atoms with Crippen molar-refractivity contribution in [1.82, 2.24) is 9.55 Å². The van der Waals surface area contributed by atoms with Gasteiger partial charge in [0.15, 0.2) is 0 Å². The minimum atomic E-state index is 0.396. The monoisotopic (exact) mass is 310 g/mol. The third-order valence-electron chi connectivity index (χ3n) is 4.82. The summed E-state index contributed by atoms with van der Waals surface area (Å²) in [5, 5.41) is 0.774. The van der Waals surface area contributed by atoms with Crippen LogP contribution >= 0.6 is 23.2 Å². The van der Waals surface area contributed by atoms with Gasteiger partial charge in [0, 0.05) is 6.54 Å². The van der Waals surface area contributed by atoms with Crippen LogP contribution in [0.15, 0.2) is 18.2 Å². The third kappa shape index (κ3) is 2.33. The smallest absolute Gasteiger partial charge is 0.124 e. The molecule has 4 heteroatoms. The van der Waals surface area contributed by atoms with E-state index in [4.69, 9.17) is 23.2 Å². The van der Waals surface area contributed by atoms with Gasteiger partial charge in [0.05, 0.1) is 21.9 Å². The highest BCUT2D eigenvalue weighted by Crippen LogP contribution is 2.43. The van der Waals surface area contributed by atoms with Gasteiger partial charge >= 0.3 is 0 Å². The van der Waals surface area contributed by atoms with Crippen LogP contribution in [0.25, 0.3) is 11.0 Å². The fourth-order valence-corrected chi connectivity index (χ4v) is 4.02. The minimum absolute atomic E-state index is 0.396. The number of rotatable bonds is 4. The van der Waals surface area contributed by atoms with Crippen LogP contribution in [-0.2, 0) is 12.4 Å². The predicted octanol–water partition coefficient (Wildman–Crippen LogP) is 5.40. The summed E-state index contributed by atoms with van der Waals surface area (Å²) in [5.41, 5.74) is 2.40. The van der Waals surface area contributed by atoms with Gasteiger partial charge in [-0.15, -0.1) is 11.6 Å². The van der Waals surface area contributed by atoms with E-state index in [0.717, 1.165) is 28.4 Å². The molecule has 2 nitrogen and oxygen atoms in total. The van der Waals surface area contributed by atoms with Crippen molar-refractivity contribution in [2.24, 2.45) is 5.41 Å². The number of alkyl halides is 1. The Kier molecular flexibility index (Phi) is 3.96. The first kappa shape index (κ1) is 14.2. The molecule has 108 valence electrons. The SMILES string of the molecule is CCC1(Cn2c(CCl)nc3cccc(Cl)c32)CCCC1. The quantitative estimate of drug-likeness (QED) is 0.691. The summed E-state index contributed by atoms with van der Waals surface area (Å²) in [4.78, 5) is 4.65. The van der Waals surface area contributed by atoms with Gasteiger partial charge in [0.2, 0.25) is 0 Å². The van der Waals surface area contributed by atoms with Crippen molar-refractivity contribution < 1.29 is 0 Å². The Labute approximate surface area is 130 Å². The molecule has 0 atom stereocenters. The number of para-hydroxylation sites is 1. The van der Waals surface area contributed by atoms with Crippen LogP contribution in [0, 0.1) is 5.41 Å². The van der Waals surface area contributed by atoms with Gasteiger partial charge in [-0.05, 0) is 36.8 Å². The molecule has 0 spiro atoms. The first-order valence-corrected chi connectivity index (χ1v) is 8.30. The average molecular weight is 311 g/mol. The van der Waals surface area contributed by atoms with Gasteiger partial charge in [0.1, 0.15) is 5.82 Å². The summed E-state index contributed by atoms with van der Waals surface area (Å²) in [7, 11) is 0. The number of nitrogens with zero attached hydrogens (tertiary/aromatic N) is 2. The highest BCUT2D eigenvalue weighted by atomic mass is 35.5. The fourth-order valence-electron chi connectivity index (χ4n) is 3.55. The largest absolute Gasteiger partial charge is 0.325 e. The van der Waals surface area contributed by atoms with E-state index in [0.29, 0.717) is 11.3 Å². The van der Waals surface area contributed by atoms with E-state index in [-0.39, 0.29) is 0 Å². The lowest BCUT2D eigenvalue weighted by Gasteiger charge is -2.29. The summed E-state index contributed by atoms with van der Waals surface area (Å²) < 4.78 is 2.26. The van der Waals surface area contributed by atoms with Crippen molar-refractivity contribution in [1.29, 1.82) is 0 Å². The van der Waals surface area contributed by atoms with Crippen LogP contribution < -0.4 is 0 Å². The summed E-state index contributed by atoms with van der Waals surface area (Å²) in [6.07, 6.45) is 6.48. The molecular formula is C16H20Cl2N2. The fraction of sp³-hybridized carbons (Fsp3) is 0.562. The normalized spacial score (nSPS) is 17.9. The molecule has 1 heterocycles. The van der Waals surface area contributed by atoms with Crippen LogP contribution in [0.4, 0.5) is 0 Å². The average Bonchev–Trinajstić information content (AvgIpc) is 3.05. The predicted molar refractivity (Wildman–Crippen MR) is 85.5 cm³/mol. The number of aromatic nitrogens is 2. The second-order valence-electron chi connectivity index (χ2n) is 5.92. The Balaban J connectivity index is 2.09.